The number of rotatable bonds is 6. The van der Waals surface area contributed by atoms with Gasteiger partial charge in [0.15, 0.2) is 16.5 Å². The Morgan fingerprint density at radius 1 is 1.28 bits per heavy atom. The number of esters is 1. The lowest BCUT2D eigenvalue weighted by Gasteiger charge is -2.10. The molecule has 0 saturated heterocycles. The number of nitrogens with zero attached hydrogens (tertiary/aromatic N) is 1. The van der Waals surface area contributed by atoms with Crippen LogP contribution in [0.25, 0.3) is 0 Å². The van der Waals surface area contributed by atoms with Crippen LogP contribution in [0.4, 0.5) is 5.69 Å². The van der Waals surface area contributed by atoms with Gasteiger partial charge >= 0.3 is 5.97 Å². The largest absolute Gasteiger partial charge is 0.446 e. The zero-order valence-corrected chi connectivity index (χ0v) is 14.8. The van der Waals surface area contributed by atoms with Gasteiger partial charge < -0.3 is 14.5 Å². The van der Waals surface area contributed by atoms with Gasteiger partial charge in [0.1, 0.15) is 6.07 Å². The summed E-state index contributed by atoms with van der Waals surface area (Å²) in [6, 6.07) is 12.1. The van der Waals surface area contributed by atoms with E-state index in [-0.39, 0.29) is 24.0 Å². The molecule has 1 aliphatic carbocycles. The molecule has 1 heterocycles. The maximum atomic E-state index is 12.0. The molecule has 0 bridgehead atoms. The summed E-state index contributed by atoms with van der Waals surface area (Å²) in [7, 11) is 0. The van der Waals surface area contributed by atoms with Crippen molar-refractivity contribution in [1.29, 1.82) is 5.26 Å². The Labute approximate surface area is 152 Å². The van der Waals surface area contributed by atoms with E-state index in [2.05, 4.69) is 21.2 Å². The lowest BCUT2D eigenvalue weighted by Crippen LogP contribution is -2.19. The molecule has 3 rings (SSSR count). The van der Waals surface area contributed by atoms with Gasteiger partial charge in [-0.1, -0.05) is 12.1 Å². The zero-order chi connectivity index (χ0) is 17.8. The molecule has 0 spiro atoms. The maximum Gasteiger partial charge on any atom is 0.311 e. The van der Waals surface area contributed by atoms with Crippen LogP contribution in [0.5, 0.6) is 0 Å². The molecule has 1 atom stereocenters. The fourth-order valence-electron chi connectivity index (χ4n) is 2.31. The van der Waals surface area contributed by atoms with E-state index < -0.39 is 12.1 Å². The summed E-state index contributed by atoms with van der Waals surface area (Å²) in [5.41, 5.74) is 1.33. The molecule has 1 aromatic heterocycles. The van der Waals surface area contributed by atoms with Crippen molar-refractivity contribution in [3.05, 3.63) is 52.4 Å². The molecule has 1 saturated carbocycles. The Hall–Kier alpha value is -2.59. The van der Waals surface area contributed by atoms with E-state index >= 15 is 0 Å². The molecule has 6 nitrogen and oxygen atoms in total. The van der Waals surface area contributed by atoms with Crippen LogP contribution in [0.15, 0.2) is 45.5 Å². The molecule has 1 aromatic carbocycles. The second-order valence-corrected chi connectivity index (χ2v) is 6.59. The van der Waals surface area contributed by atoms with Gasteiger partial charge in [-0.15, -0.1) is 0 Å². The number of furan rings is 1. The molecule has 7 heteroatoms. The molecular weight excluding hydrogens is 388 g/mol. The summed E-state index contributed by atoms with van der Waals surface area (Å²) in [6.45, 7) is 0. The van der Waals surface area contributed by atoms with Crippen LogP contribution in [0, 0.1) is 17.2 Å². The van der Waals surface area contributed by atoms with E-state index in [1.54, 1.807) is 36.4 Å². The first kappa shape index (κ1) is 17.2. The molecule has 1 amide bonds. The van der Waals surface area contributed by atoms with Crippen molar-refractivity contribution in [2.24, 2.45) is 5.92 Å². The topological polar surface area (TPSA) is 92.3 Å². The van der Waals surface area contributed by atoms with E-state index in [1.165, 1.54) is 0 Å². The number of nitriles is 1. The second-order valence-electron chi connectivity index (χ2n) is 5.81. The van der Waals surface area contributed by atoms with E-state index in [0.717, 1.165) is 18.4 Å². The summed E-state index contributed by atoms with van der Waals surface area (Å²) < 4.78 is 10.9. The van der Waals surface area contributed by atoms with E-state index in [0.29, 0.717) is 10.4 Å². The highest BCUT2D eigenvalue weighted by molar-refractivity contribution is 9.10. The first-order valence-corrected chi connectivity index (χ1v) is 8.59. The molecule has 25 heavy (non-hydrogen) atoms. The summed E-state index contributed by atoms with van der Waals surface area (Å²) in [5.74, 6) is -0.398. The van der Waals surface area contributed by atoms with Crippen LogP contribution in [-0.4, -0.2) is 18.0 Å². The minimum Gasteiger partial charge on any atom is -0.446 e. The van der Waals surface area contributed by atoms with Crippen LogP contribution in [0.2, 0.25) is 0 Å². The van der Waals surface area contributed by atoms with E-state index in [1.807, 2.05) is 6.07 Å². The summed E-state index contributed by atoms with van der Waals surface area (Å²) >= 11 is 3.14. The summed E-state index contributed by atoms with van der Waals surface area (Å²) in [6.07, 6.45) is 1.32. The quantitative estimate of drug-likeness (QED) is 0.743. The average molecular weight is 403 g/mol. The zero-order valence-electron chi connectivity index (χ0n) is 13.2. The monoisotopic (exact) mass is 402 g/mol. The fraction of sp³-hybridized carbons (Fsp3) is 0.278. The van der Waals surface area contributed by atoms with Gasteiger partial charge in [-0.3, -0.25) is 9.59 Å². The van der Waals surface area contributed by atoms with Crippen LogP contribution in [-0.2, 0) is 16.0 Å². The number of carbonyl (C=O) groups is 2. The van der Waals surface area contributed by atoms with E-state index in [9.17, 15) is 9.59 Å². The number of hydrogen-bond donors (Lipinski definition) is 1. The third-order valence-corrected chi connectivity index (χ3v) is 4.22. The van der Waals surface area contributed by atoms with Crippen molar-refractivity contribution in [2.75, 3.05) is 5.32 Å². The Morgan fingerprint density at radius 2 is 2.00 bits per heavy atom. The van der Waals surface area contributed by atoms with Gasteiger partial charge in [-0.25, -0.2) is 0 Å². The minimum absolute atomic E-state index is 0.0876. The van der Waals surface area contributed by atoms with Crippen molar-refractivity contribution >= 4 is 33.5 Å². The predicted molar refractivity (Wildman–Crippen MR) is 92.7 cm³/mol. The lowest BCUT2D eigenvalue weighted by molar-refractivity contribution is -0.146. The highest BCUT2D eigenvalue weighted by atomic mass is 79.9. The highest BCUT2D eigenvalue weighted by Crippen LogP contribution is 2.34. The van der Waals surface area contributed by atoms with Gasteiger partial charge in [0.05, 0.1) is 6.42 Å². The van der Waals surface area contributed by atoms with Gasteiger partial charge in [0, 0.05) is 11.6 Å². The van der Waals surface area contributed by atoms with Crippen LogP contribution in [0.3, 0.4) is 0 Å². The standard InChI is InChI=1S/C18H15BrN2O4/c19-16-8-7-14(24-16)18(23)21-13-5-1-11(2-6-13)9-17(22)25-15(10-20)12-3-4-12/h1-2,5-8,12,15H,3-4,9H2,(H,21,23)/t15-/m0/s1. The number of benzene rings is 1. The Morgan fingerprint density at radius 3 is 2.56 bits per heavy atom. The van der Waals surface area contributed by atoms with Gasteiger partial charge in [0.2, 0.25) is 0 Å². The second kappa shape index (κ2) is 7.53. The number of hydrogen-bond acceptors (Lipinski definition) is 5. The number of halogens is 1. The number of anilines is 1. The molecule has 128 valence electrons. The molecule has 0 unspecified atom stereocenters. The first-order valence-electron chi connectivity index (χ1n) is 7.80. The third-order valence-electron chi connectivity index (χ3n) is 3.79. The van der Waals surface area contributed by atoms with Crippen molar-refractivity contribution < 1.29 is 18.7 Å². The Bertz CT molecular complexity index is 818. The first-order chi connectivity index (χ1) is 12.0. The SMILES string of the molecule is N#C[C@H](OC(=O)Cc1ccc(NC(=O)c2ccc(Br)o2)cc1)C1CC1. The molecule has 0 aliphatic heterocycles. The molecule has 1 aliphatic rings. The number of amides is 1. The molecule has 1 N–H and O–H groups in total. The minimum atomic E-state index is -0.640. The number of nitrogens with one attached hydrogen (secondary N) is 1. The van der Waals surface area contributed by atoms with Gasteiger partial charge in [-0.2, -0.15) is 5.26 Å². The molecular formula is C18H15BrN2O4. The fourth-order valence-corrected chi connectivity index (χ4v) is 2.62. The van der Waals surface area contributed by atoms with Crippen molar-refractivity contribution in [2.45, 2.75) is 25.4 Å². The average Bonchev–Trinajstić information content (AvgIpc) is 3.35. The van der Waals surface area contributed by atoms with Gasteiger partial charge in [0.25, 0.3) is 5.91 Å². The molecule has 1 fully saturated rings. The summed E-state index contributed by atoms with van der Waals surface area (Å²) in [5, 5.41) is 11.7. The normalized spacial score (nSPS) is 14.4. The molecule has 0 radical (unpaired) electrons. The number of ether oxygens (including phenoxy) is 1. The lowest BCUT2D eigenvalue weighted by atomic mass is 10.1. The smallest absolute Gasteiger partial charge is 0.311 e. The van der Waals surface area contributed by atoms with Crippen molar-refractivity contribution in [3.63, 3.8) is 0 Å². The summed E-state index contributed by atoms with van der Waals surface area (Å²) in [4.78, 5) is 23.9. The molecule has 2 aromatic rings. The van der Waals surface area contributed by atoms with E-state index in [4.69, 9.17) is 14.4 Å². The highest BCUT2D eigenvalue weighted by Gasteiger charge is 2.34. The van der Waals surface area contributed by atoms with Crippen molar-refractivity contribution in [3.8, 4) is 6.07 Å². The predicted octanol–water partition coefficient (Wildman–Crippen LogP) is 3.68. The Balaban J connectivity index is 1.54. The number of carbonyl (C=O) groups excluding carboxylic acids is 2. The van der Waals surface area contributed by atoms with Crippen LogP contribution >= 0.6 is 15.9 Å². The van der Waals surface area contributed by atoms with Gasteiger partial charge in [-0.05, 0) is 58.6 Å². The van der Waals surface area contributed by atoms with Crippen LogP contribution in [0.1, 0.15) is 29.0 Å². The Kier molecular flexibility index (Phi) is 5.19. The third kappa shape index (κ3) is 4.70. The van der Waals surface area contributed by atoms with Crippen LogP contribution < -0.4 is 5.32 Å². The maximum absolute atomic E-state index is 12.0. The van der Waals surface area contributed by atoms with Crippen molar-refractivity contribution in [1.82, 2.24) is 0 Å².